The van der Waals surface area contributed by atoms with E-state index >= 15 is 0 Å². The summed E-state index contributed by atoms with van der Waals surface area (Å²) in [6.45, 7) is 5.80. The lowest BCUT2D eigenvalue weighted by atomic mass is 10.1. The molecule has 0 spiro atoms. The molecule has 2 rings (SSSR count). The molecule has 0 aliphatic heterocycles. The van der Waals surface area contributed by atoms with Crippen molar-refractivity contribution in [3.05, 3.63) is 50.5 Å². The molecule has 2 N–H and O–H groups in total. The number of carbonyl (C=O) groups excluding carboxylic acids is 1. The van der Waals surface area contributed by atoms with Gasteiger partial charge in [0.15, 0.2) is 18.1 Å². The monoisotopic (exact) mass is 454 g/mol. The number of aromatic hydroxyl groups is 1. The van der Waals surface area contributed by atoms with Gasteiger partial charge in [0, 0.05) is 5.02 Å². The first-order chi connectivity index (χ1) is 12.8. The minimum absolute atomic E-state index is 0.0139. The fourth-order valence-electron chi connectivity index (χ4n) is 2.28. The van der Waals surface area contributed by atoms with Gasteiger partial charge in [0.05, 0.1) is 17.3 Å². The Morgan fingerprint density at radius 1 is 1.26 bits per heavy atom. The third-order valence-corrected chi connectivity index (χ3v) is 4.73. The molecule has 0 saturated heterocycles. The molecule has 2 aromatic carbocycles. The average Bonchev–Trinajstić information content (AvgIpc) is 2.62. The number of halogens is 2. The van der Waals surface area contributed by atoms with Crippen molar-refractivity contribution in [2.24, 2.45) is 5.10 Å². The number of carbonyl (C=O) groups is 1. The van der Waals surface area contributed by atoms with E-state index < -0.39 is 5.91 Å². The van der Waals surface area contributed by atoms with Crippen LogP contribution in [0.1, 0.15) is 23.6 Å². The molecule has 0 aromatic heterocycles. The van der Waals surface area contributed by atoms with Crippen molar-refractivity contribution in [2.75, 3.05) is 13.2 Å². The van der Waals surface area contributed by atoms with Gasteiger partial charge >= 0.3 is 0 Å². The molecule has 0 fully saturated rings. The number of amides is 1. The molecule has 144 valence electrons. The van der Waals surface area contributed by atoms with Crippen LogP contribution in [-0.4, -0.2) is 30.4 Å². The zero-order valence-corrected chi connectivity index (χ0v) is 17.5. The Bertz CT molecular complexity index is 848. The number of phenolic OH excluding ortho intramolecular Hbond substituents is 1. The second-order valence-corrected chi connectivity index (χ2v) is 6.97. The highest BCUT2D eigenvalue weighted by Gasteiger charge is 2.09. The lowest BCUT2D eigenvalue weighted by Gasteiger charge is -2.09. The van der Waals surface area contributed by atoms with Gasteiger partial charge in [-0.3, -0.25) is 4.79 Å². The second-order valence-electron chi connectivity index (χ2n) is 5.74. The SMILES string of the molecule is CCOc1cc(C=NNC(=O)COc2cc(C)c(Cl)c(C)c2)cc(Br)c1O. The van der Waals surface area contributed by atoms with Crippen molar-refractivity contribution in [2.45, 2.75) is 20.8 Å². The molecule has 27 heavy (non-hydrogen) atoms. The molecule has 0 bridgehead atoms. The molecule has 2 aromatic rings. The van der Waals surface area contributed by atoms with Crippen molar-refractivity contribution in [1.82, 2.24) is 5.43 Å². The van der Waals surface area contributed by atoms with Crippen LogP contribution in [0.2, 0.25) is 5.02 Å². The summed E-state index contributed by atoms with van der Waals surface area (Å²) in [5.41, 5.74) is 4.80. The zero-order valence-electron chi connectivity index (χ0n) is 15.2. The van der Waals surface area contributed by atoms with Gasteiger partial charge in [-0.05, 0) is 77.7 Å². The van der Waals surface area contributed by atoms with Crippen LogP contribution in [-0.2, 0) is 4.79 Å². The number of nitrogens with one attached hydrogen (secondary N) is 1. The minimum Gasteiger partial charge on any atom is -0.503 e. The molecule has 1 amide bonds. The number of ether oxygens (including phenoxy) is 2. The number of aryl methyl sites for hydroxylation is 2. The third-order valence-electron chi connectivity index (χ3n) is 3.53. The highest BCUT2D eigenvalue weighted by Crippen LogP contribution is 2.35. The fourth-order valence-corrected chi connectivity index (χ4v) is 2.85. The number of phenols is 1. The van der Waals surface area contributed by atoms with Crippen LogP contribution in [0, 0.1) is 13.8 Å². The van der Waals surface area contributed by atoms with Crippen molar-refractivity contribution >= 4 is 39.7 Å². The van der Waals surface area contributed by atoms with Crippen LogP contribution < -0.4 is 14.9 Å². The number of rotatable bonds is 7. The van der Waals surface area contributed by atoms with E-state index in [0.29, 0.717) is 33.2 Å². The number of hydrogen-bond donors (Lipinski definition) is 2. The highest BCUT2D eigenvalue weighted by molar-refractivity contribution is 9.10. The van der Waals surface area contributed by atoms with E-state index in [1.54, 1.807) is 24.3 Å². The Kier molecular flexibility index (Phi) is 7.50. The summed E-state index contributed by atoms with van der Waals surface area (Å²) in [6, 6.07) is 6.82. The van der Waals surface area contributed by atoms with Gasteiger partial charge < -0.3 is 14.6 Å². The molecule has 0 aliphatic rings. The quantitative estimate of drug-likeness (QED) is 0.480. The molecule has 6 nitrogen and oxygen atoms in total. The first-order valence-electron chi connectivity index (χ1n) is 8.18. The molecular weight excluding hydrogens is 436 g/mol. The third kappa shape index (κ3) is 5.87. The van der Waals surface area contributed by atoms with Gasteiger partial charge in [0.2, 0.25) is 0 Å². The van der Waals surface area contributed by atoms with Gasteiger partial charge in [-0.1, -0.05) is 11.6 Å². The lowest BCUT2D eigenvalue weighted by Crippen LogP contribution is -2.24. The van der Waals surface area contributed by atoms with E-state index in [1.165, 1.54) is 6.21 Å². The Labute approximate surface area is 171 Å². The summed E-state index contributed by atoms with van der Waals surface area (Å²) in [4.78, 5) is 11.9. The van der Waals surface area contributed by atoms with Gasteiger partial charge in [-0.2, -0.15) is 5.10 Å². The number of benzene rings is 2. The first kappa shape index (κ1) is 21.1. The number of nitrogens with zero attached hydrogens (tertiary/aromatic N) is 1. The van der Waals surface area contributed by atoms with E-state index in [4.69, 9.17) is 21.1 Å². The topological polar surface area (TPSA) is 80.2 Å². The molecule has 0 radical (unpaired) electrons. The van der Waals surface area contributed by atoms with Gasteiger partial charge in [-0.25, -0.2) is 5.43 Å². The standard InChI is InChI=1S/C19H20BrClN2O4/c1-4-26-16-8-13(7-15(20)19(16)25)9-22-23-17(24)10-27-14-5-11(2)18(21)12(3)6-14/h5-9,25H,4,10H2,1-3H3,(H,23,24). The molecule has 0 unspecified atom stereocenters. The zero-order chi connectivity index (χ0) is 20.0. The van der Waals surface area contributed by atoms with E-state index in [9.17, 15) is 9.90 Å². The Hall–Kier alpha value is -2.25. The maximum absolute atomic E-state index is 11.9. The van der Waals surface area contributed by atoms with Crippen molar-refractivity contribution in [1.29, 1.82) is 0 Å². The summed E-state index contributed by atoms with van der Waals surface area (Å²) >= 11 is 9.36. The number of hydrogen-bond acceptors (Lipinski definition) is 5. The summed E-state index contributed by atoms with van der Waals surface area (Å²) < 4.78 is 11.3. The van der Waals surface area contributed by atoms with Gasteiger partial charge in [-0.15, -0.1) is 0 Å². The van der Waals surface area contributed by atoms with Gasteiger partial charge in [0.1, 0.15) is 5.75 Å². The minimum atomic E-state index is -0.403. The summed E-state index contributed by atoms with van der Waals surface area (Å²) in [6.07, 6.45) is 1.45. The van der Waals surface area contributed by atoms with Gasteiger partial charge in [0.25, 0.3) is 5.91 Å². The molecule has 8 heteroatoms. The summed E-state index contributed by atoms with van der Waals surface area (Å²) in [5, 5.41) is 14.5. The lowest BCUT2D eigenvalue weighted by molar-refractivity contribution is -0.123. The Balaban J connectivity index is 1.94. The summed E-state index contributed by atoms with van der Waals surface area (Å²) in [5.74, 6) is 0.508. The van der Waals surface area contributed by atoms with Crippen LogP contribution in [0.3, 0.4) is 0 Å². The largest absolute Gasteiger partial charge is 0.503 e. The van der Waals surface area contributed by atoms with Crippen LogP contribution in [0.15, 0.2) is 33.8 Å². The predicted molar refractivity (Wildman–Crippen MR) is 109 cm³/mol. The molecular formula is C19H20BrClN2O4. The van der Waals surface area contributed by atoms with Crippen LogP contribution >= 0.6 is 27.5 Å². The maximum atomic E-state index is 11.9. The van der Waals surface area contributed by atoms with E-state index in [2.05, 4.69) is 26.5 Å². The van der Waals surface area contributed by atoms with E-state index in [0.717, 1.165) is 11.1 Å². The van der Waals surface area contributed by atoms with Crippen LogP contribution in [0.5, 0.6) is 17.2 Å². The van der Waals surface area contributed by atoms with E-state index in [-0.39, 0.29) is 12.4 Å². The maximum Gasteiger partial charge on any atom is 0.277 e. The van der Waals surface area contributed by atoms with Crippen LogP contribution in [0.4, 0.5) is 0 Å². The first-order valence-corrected chi connectivity index (χ1v) is 9.35. The fraction of sp³-hybridized carbons (Fsp3) is 0.263. The molecule has 0 saturated carbocycles. The Morgan fingerprint density at radius 2 is 1.93 bits per heavy atom. The molecule has 0 heterocycles. The second kappa shape index (κ2) is 9.62. The van der Waals surface area contributed by atoms with Crippen molar-refractivity contribution < 1.29 is 19.4 Å². The van der Waals surface area contributed by atoms with Crippen LogP contribution in [0.25, 0.3) is 0 Å². The molecule has 0 aliphatic carbocycles. The Morgan fingerprint density at radius 3 is 2.56 bits per heavy atom. The smallest absolute Gasteiger partial charge is 0.277 e. The average molecular weight is 456 g/mol. The van der Waals surface area contributed by atoms with E-state index in [1.807, 2.05) is 20.8 Å². The van der Waals surface area contributed by atoms with Crippen molar-refractivity contribution in [3.63, 3.8) is 0 Å². The normalized spacial score (nSPS) is 10.9. The predicted octanol–water partition coefficient (Wildman–Crippen LogP) is 4.35. The number of hydrazone groups is 1. The van der Waals surface area contributed by atoms with Crippen molar-refractivity contribution in [3.8, 4) is 17.2 Å². The molecule has 0 atom stereocenters. The highest BCUT2D eigenvalue weighted by atomic mass is 79.9. The summed E-state index contributed by atoms with van der Waals surface area (Å²) in [7, 11) is 0.